The fraction of sp³-hybridized carbons (Fsp3) is 0.318. The molecule has 4 rings (SSSR count). The first kappa shape index (κ1) is 18.8. The molecule has 0 bridgehead atoms. The molecule has 1 aliphatic rings. The highest BCUT2D eigenvalue weighted by atomic mass is 32.1. The van der Waals surface area contributed by atoms with E-state index in [1.165, 1.54) is 21.8 Å². The maximum Gasteiger partial charge on any atom is 0.255 e. The second-order valence-corrected chi connectivity index (χ2v) is 8.40. The van der Waals surface area contributed by atoms with E-state index in [1.54, 1.807) is 35.9 Å². The van der Waals surface area contributed by atoms with Gasteiger partial charge >= 0.3 is 0 Å². The molecule has 0 spiro atoms. The van der Waals surface area contributed by atoms with Gasteiger partial charge in [-0.25, -0.2) is 4.98 Å². The lowest BCUT2D eigenvalue weighted by Crippen LogP contribution is -2.30. The van der Waals surface area contributed by atoms with Crippen molar-refractivity contribution in [2.24, 2.45) is 0 Å². The molecular weight excluding hydrogens is 368 g/mol. The molecule has 6 heteroatoms. The van der Waals surface area contributed by atoms with Crippen molar-refractivity contribution in [1.82, 2.24) is 14.9 Å². The Balaban J connectivity index is 1.44. The van der Waals surface area contributed by atoms with Crippen LogP contribution in [0, 0.1) is 0 Å². The highest BCUT2D eigenvalue weighted by molar-refractivity contribution is 7.09. The number of pyridine rings is 1. The van der Waals surface area contributed by atoms with Crippen molar-refractivity contribution < 1.29 is 4.79 Å². The molecule has 3 heterocycles. The lowest BCUT2D eigenvalue weighted by Gasteiger charge is -2.28. The fourth-order valence-corrected chi connectivity index (χ4v) is 4.39. The van der Waals surface area contributed by atoms with E-state index < -0.39 is 0 Å². The Morgan fingerprint density at radius 3 is 2.79 bits per heavy atom. The van der Waals surface area contributed by atoms with E-state index in [4.69, 9.17) is 4.98 Å². The van der Waals surface area contributed by atoms with E-state index in [9.17, 15) is 4.79 Å². The van der Waals surface area contributed by atoms with Crippen molar-refractivity contribution in [2.75, 3.05) is 11.9 Å². The summed E-state index contributed by atoms with van der Waals surface area (Å²) in [5.41, 5.74) is 5.26. The third kappa shape index (κ3) is 4.29. The summed E-state index contributed by atoms with van der Waals surface area (Å²) in [5, 5.41) is 6.34. The maximum atomic E-state index is 12.4. The second-order valence-electron chi connectivity index (χ2n) is 7.45. The van der Waals surface area contributed by atoms with Crippen LogP contribution in [-0.2, 0) is 19.5 Å². The van der Waals surface area contributed by atoms with E-state index in [1.807, 2.05) is 6.07 Å². The minimum Gasteiger partial charge on any atom is -0.322 e. The van der Waals surface area contributed by atoms with E-state index in [0.29, 0.717) is 11.5 Å². The Labute approximate surface area is 169 Å². The molecule has 3 aromatic rings. The summed E-state index contributed by atoms with van der Waals surface area (Å²) in [4.78, 5) is 23.5. The summed E-state index contributed by atoms with van der Waals surface area (Å²) in [6, 6.07) is 9.66. The summed E-state index contributed by atoms with van der Waals surface area (Å²) in [6.45, 7) is 7.15. The molecule has 0 unspecified atom stereocenters. The van der Waals surface area contributed by atoms with Gasteiger partial charge in [-0.1, -0.05) is 19.9 Å². The van der Waals surface area contributed by atoms with Gasteiger partial charge in [-0.15, -0.1) is 11.3 Å². The Kier molecular flexibility index (Phi) is 5.50. The number of carbonyl (C=O) groups excluding carboxylic acids is 1. The number of anilines is 1. The lowest BCUT2D eigenvalue weighted by molar-refractivity contribution is 0.102. The molecular formula is C22H24N4OS. The first-order valence-corrected chi connectivity index (χ1v) is 10.5. The first-order valence-electron chi connectivity index (χ1n) is 9.58. The van der Waals surface area contributed by atoms with Crippen molar-refractivity contribution in [3.8, 4) is 0 Å². The minimum absolute atomic E-state index is 0.112. The zero-order valence-corrected chi connectivity index (χ0v) is 17.0. The molecule has 144 valence electrons. The van der Waals surface area contributed by atoms with Gasteiger partial charge in [-0.05, 0) is 47.7 Å². The van der Waals surface area contributed by atoms with Crippen molar-refractivity contribution in [3.05, 3.63) is 75.5 Å². The lowest BCUT2D eigenvalue weighted by atomic mass is 9.99. The van der Waals surface area contributed by atoms with Crippen LogP contribution in [0.5, 0.6) is 0 Å². The summed E-state index contributed by atoms with van der Waals surface area (Å²) in [7, 11) is 0. The van der Waals surface area contributed by atoms with Crippen LogP contribution in [0.2, 0.25) is 0 Å². The number of thiazole rings is 1. The Morgan fingerprint density at radius 1 is 1.21 bits per heavy atom. The quantitative estimate of drug-likeness (QED) is 0.696. The number of carbonyl (C=O) groups is 1. The number of hydrogen-bond acceptors (Lipinski definition) is 5. The molecule has 0 aliphatic carbocycles. The number of nitrogens with one attached hydrogen (secondary N) is 1. The average Bonchev–Trinajstić information content (AvgIpc) is 3.17. The molecule has 0 radical (unpaired) electrons. The Hall–Kier alpha value is -2.57. The Morgan fingerprint density at radius 2 is 2.04 bits per heavy atom. The molecule has 0 saturated carbocycles. The molecule has 0 fully saturated rings. The number of amides is 1. The maximum absolute atomic E-state index is 12.4. The average molecular weight is 393 g/mol. The van der Waals surface area contributed by atoms with Crippen molar-refractivity contribution >= 4 is 22.9 Å². The molecule has 1 aromatic carbocycles. The number of hydrogen-bond donors (Lipinski definition) is 1. The summed E-state index contributed by atoms with van der Waals surface area (Å²) in [5.74, 6) is 0.359. The van der Waals surface area contributed by atoms with Gasteiger partial charge < -0.3 is 5.32 Å². The number of rotatable bonds is 5. The first-order chi connectivity index (χ1) is 13.6. The van der Waals surface area contributed by atoms with Gasteiger partial charge in [0.2, 0.25) is 0 Å². The van der Waals surface area contributed by atoms with E-state index in [2.05, 4.69) is 46.6 Å². The highest BCUT2D eigenvalue weighted by Gasteiger charge is 2.19. The molecule has 0 saturated heterocycles. The van der Waals surface area contributed by atoms with E-state index in [0.717, 1.165) is 31.7 Å². The van der Waals surface area contributed by atoms with E-state index >= 15 is 0 Å². The van der Waals surface area contributed by atoms with Crippen LogP contribution in [0.25, 0.3) is 0 Å². The van der Waals surface area contributed by atoms with Gasteiger partial charge in [0.05, 0.1) is 12.2 Å². The van der Waals surface area contributed by atoms with Crippen LogP contribution in [0.3, 0.4) is 0 Å². The normalized spacial score (nSPS) is 14.1. The van der Waals surface area contributed by atoms with Crippen LogP contribution >= 0.6 is 11.3 Å². The highest BCUT2D eigenvalue weighted by Crippen LogP contribution is 2.25. The zero-order chi connectivity index (χ0) is 19.5. The van der Waals surface area contributed by atoms with Gasteiger partial charge in [0, 0.05) is 42.1 Å². The SMILES string of the molecule is CC(C)c1csc(CN2CCc3ccc(NC(=O)c4ccncc4)cc3C2)n1. The van der Waals surface area contributed by atoms with Crippen LogP contribution < -0.4 is 5.32 Å². The van der Waals surface area contributed by atoms with Gasteiger partial charge in [0.25, 0.3) is 5.91 Å². The molecule has 5 nitrogen and oxygen atoms in total. The van der Waals surface area contributed by atoms with Crippen LogP contribution in [0.15, 0.2) is 48.1 Å². The summed E-state index contributed by atoms with van der Waals surface area (Å²) in [6.07, 6.45) is 4.28. The largest absolute Gasteiger partial charge is 0.322 e. The predicted octanol–water partition coefficient (Wildman–Crippen LogP) is 4.47. The third-order valence-corrected chi connectivity index (χ3v) is 5.87. The topological polar surface area (TPSA) is 58.1 Å². The monoisotopic (exact) mass is 392 g/mol. The molecule has 1 amide bonds. The molecule has 28 heavy (non-hydrogen) atoms. The van der Waals surface area contributed by atoms with Crippen LogP contribution in [-0.4, -0.2) is 27.3 Å². The minimum atomic E-state index is -0.112. The fourth-order valence-electron chi connectivity index (χ4n) is 3.39. The van der Waals surface area contributed by atoms with Crippen molar-refractivity contribution in [1.29, 1.82) is 0 Å². The standard InChI is InChI=1S/C22H24N4OS/c1-15(2)20-14-28-21(25-20)13-26-10-7-16-3-4-19(11-18(16)12-26)24-22(27)17-5-8-23-9-6-17/h3-6,8-9,11,14-15H,7,10,12-13H2,1-2H3,(H,24,27). The molecule has 0 atom stereocenters. The van der Waals surface area contributed by atoms with Crippen LogP contribution in [0.1, 0.15) is 52.0 Å². The van der Waals surface area contributed by atoms with E-state index in [-0.39, 0.29) is 5.91 Å². The van der Waals surface area contributed by atoms with Gasteiger partial charge in [-0.3, -0.25) is 14.7 Å². The van der Waals surface area contributed by atoms with Crippen molar-refractivity contribution in [3.63, 3.8) is 0 Å². The van der Waals surface area contributed by atoms with Gasteiger partial charge in [0.1, 0.15) is 5.01 Å². The van der Waals surface area contributed by atoms with Crippen molar-refractivity contribution in [2.45, 2.75) is 39.3 Å². The molecule has 1 N–H and O–H groups in total. The second kappa shape index (κ2) is 8.20. The number of benzene rings is 1. The van der Waals surface area contributed by atoms with Gasteiger partial charge in [0.15, 0.2) is 0 Å². The number of aromatic nitrogens is 2. The van der Waals surface area contributed by atoms with Crippen LogP contribution in [0.4, 0.5) is 5.69 Å². The number of fused-ring (bicyclic) bond motifs is 1. The number of nitrogens with zero attached hydrogens (tertiary/aromatic N) is 3. The smallest absolute Gasteiger partial charge is 0.255 e. The summed E-state index contributed by atoms with van der Waals surface area (Å²) >= 11 is 1.75. The zero-order valence-electron chi connectivity index (χ0n) is 16.2. The third-order valence-electron chi connectivity index (χ3n) is 5.02. The predicted molar refractivity (Wildman–Crippen MR) is 113 cm³/mol. The molecule has 2 aromatic heterocycles. The van der Waals surface area contributed by atoms with Gasteiger partial charge in [-0.2, -0.15) is 0 Å². The summed E-state index contributed by atoms with van der Waals surface area (Å²) < 4.78 is 0. The Bertz CT molecular complexity index is 968. The molecule has 1 aliphatic heterocycles.